The van der Waals surface area contributed by atoms with E-state index in [9.17, 15) is 9.18 Å². The Morgan fingerprint density at radius 2 is 1.79 bits per heavy atom. The lowest BCUT2D eigenvalue weighted by Crippen LogP contribution is -2.43. The third kappa shape index (κ3) is 3.36. The van der Waals surface area contributed by atoms with Gasteiger partial charge in [0.15, 0.2) is 0 Å². The zero-order valence-electron chi connectivity index (χ0n) is 15.4. The Hall–Kier alpha value is -2.50. The van der Waals surface area contributed by atoms with Gasteiger partial charge in [-0.3, -0.25) is 4.90 Å². The third-order valence-electron chi connectivity index (χ3n) is 4.85. The van der Waals surface area contributed by atoms with Crippen molar-refractivity contribution >= 4 is 41.0 Å². The summed E-state index contributed by atoms with van der Waals surface area (Å²) < 4.78 is 16.0. The van der Waals surface area contributed by atoms with E-state index < -0.39 is 5.82 Å². The molecule has 3 nitrogen and oxygen atoms in total. The molecule has 1 heterocycles. The molecular formula is C22H18ClFN2OS. The molecule has 28 heavy (non-hydrogen) atoms. The molecule has 0 saturated carbocycles. The van der Waals surface area contributed by atoms with E-state index in [1.807, 2.05) is 56.3 Å². The number of hydrogen-bond acceptors (Lipinski definition) is 2. The number of benzene rings is 3. The molecule has 0 aliphatic carbocycles. The van der Waals surface area contributed by atoms with E-state index in [2.05, 4.69) is 0 Å². The lowest BCUT2D eigenvalue weighted by atomic mass is 10.1. The number of urea groups is 1. The van der Waals surface area contributed by atoms with Gasteiger partial charge in [0.1, 0.15) is 5.82 Å². The normalized spacial score (nSPS) is 13.6. The Bertz CT molecular complexity index is 1050. The smallest absolute Gasteiger partial charge is 0.288 e. The van der Waals surface area contributed by atoms with E-state index in [4.69, 9.17) is 11.6 Å². The average Bonchev–Trinajstić information content (AvgIpc) is 2.68. The average molecular weight is 413 g/mol. The minimum atomic E-state index is -0.422. The summed E-state index contributed by atoms with van der Waals surface area (Å²) in [5, 5.41) is 0.307. The number of rotatable bonds is 3. The van der Waals surface area contributed by atoms with Crippen LogP contribution in [-0.4, -0.2) is 6.03 Å². The van der Waals surface area contributed by atoms with Gasteiger partial charge in [-0.15, -0.1) is 0 Å². The van der Waals surface area contributed by atoms with Crippen molar-refractivity contribution in [2.45, 2.75) is 25.3 Å². The summed E-state index contributed by atoms with van der Waals surface area (Å²) in [6, 6.07) is 17.9. The van der Waals surface area contributed by atoms with Gasteiger partial charge in [-0.25, -0.2) is 13.5 Å². The van der Waals surface area contributed by atoms with Crippen LogP contribution in [0.1, 0.15) is 16.7 Å². The van der Waals surface area contributed by atoms with Gasteiger partial charge in [0.2, 0.25) is 0 Å². The first-order valence-electron chi connectivity index (χ1n) is 8.84. The number of anilines is 2. The highest BCUT2D eigenvalue weighted by atomic mass is 35.5. The van der Waals surface area contributed by atoms with Crippen LogP contribution in [-0.2, 0) is 6.54 Å². The first kappa shape index (κ1) is 18.8. The predicted molar refractivity (Wildman–Crippen MR) is 114 cm³/mol. The molecule has 3 aromatic rings. The lowest BCUT2D eigenvalue weighted by molar-refractivity contribution is 0.254. The largest absolute Gasteiger partial charge is 0.339 e. The van der Waals surface area contributed by atoms with E-state index in [1.54, 1.807) is 21.3 Å². The van der Waals surface area contributed by atoms with Gasteiger partial charge < -0.3 is 0 Å². The van der Waals surface area contributed by atoms with Crippen LogP contribution in [0.5, 0.6) is 0 Å². The molecule has 0 N–H and O–H groups in total. The first-order valence-corrected chi connectivity index (χ1v) is 9.99. The Balaban J connectivity index is 1.78. The highest BCUT2D eigenvalue weighted by molar-refractivity contribution is 8.01. The molecule has 3 aromatic carbocycles. The molecule has 0 unspecified atom stereocenters. The van der Waals surface area contributed by atoms with Gasteiger partial charge in [-0.05, 0) is 73.3 Å². The van der Waals surface area contributed by atoms with Crippen LogP contribution in [0.3, 0.4) is 0 Å². The van der Waals surface area contributed by atoms with Gasteiger partial charge in [-0.2, -0.15) is 0 Å². The molecule has 0 radical (unpaired) electrons. The molecule has 1 aliphatic heterocycles. The molecule has 0 bridgehead atoms. The van der Waals surface area contributed by atoms with Crippen molar-refractivity contribution in [3.05, 3.63) is 88.2 Å². The summed E-state index contributed by atoms with van der Waals surface area (Å²) in [6.45, 7) is 4.11. The van der Waals surface area contributed by atoms with Crippen molar-refractivity contribution in [1.29, 1.82) is 0 Å². The SMILES string of the molecule is Cc1ccc(N2Sc3ccccc3N(Cc3c(F)cccc3Cl)C2=O)cc1C. The number of para-hydroxylation sites is 1. The topological polar surface area (TPSA) is 23.6 Å². The summed E-state index contributed by atoms with van der Waals surface area (Å²) in [6.07, 6.45) is 0. The summed E-state index contributed by atoms with van der Waals surface area (Å²) in [5.41, 5.74) is 4.11. The highest BCUT2D eigenvalue weighted by Gasteiger charge is 2.33. The molecule has 0 saturated heterocycles. The fourth-order valence-electron chi connectivity index (χ4n) is 3.12. The highest BCUT2D eigenvalue weighted by Crippen LogP contribution is 2.42. The van der Waals surface area contributed by atoms with Crippen molar-refractivity contribution in [3.63, 3.8) is 0 Å². The molecule has 0 atom stereocenters. The number of nitrogens with zero attached hydrogens (tertiary/aromatic N) is 2. The van der Waals surface area contributed by atoms with Crippen LogP contribution in [0.25, 0.3) is 0 Å². The third-order valence-corrected chi connectivity index (χ3v) is 6.30. The van der Waals surface area contributed by atoms with Gasteiger partial charge in [0, 0.05) is 10.6 Å². The molecule has 2 amide bonds. The molecule has 142 valence electrons. The second-order valence-corrected chi connectivity index (χ2v) is 8.09. The predicted octanol–water partition coefficient (Wildman–Crippen LogP) is 6.75. The Labute approximate surface area is 172 Å². The molecular weight excluding hydrogens is 395 g/mol. The summed E-state index contributed by atoms with van der Waals surface area (Å²) in [4.78, 5) is 15.9. The zero-order chi connectivity index (χ0) is 19.8. The molecule has 0 fully saturated rings. The minimum absolute atomic E-state index is 0.0588. The minimum Gasteiger partial charge on any atom is -0.288 e. The van der Waals surface area contributed by atoms with Crippen LogP contribution in [0.4, 0.5) is 20.6 Å². The van der Waals surface area contributed by atoms with Gasteiger partial charge >= 0.3 is 6.03 Å². The second kappa shape index (κ2) is 7.49. The Kier molecular flexibility index (Phi) is 5.04. The van der Waals surface area contributed by atoms with Crippen molar-refractivity contribution < 1.29 is 9.18 Å². The number of carbonyl (C=O) groups is 1. The molecule has 1 aliphatic rings. The fourth-order valence-corrected chi connectivity index (χ4v) is 4.34. The zero-order valence-corrected chi connectivity index (χ0v) is 17.0. The van der Waals surface area contributed by atoms with Crippen molar-refractivity contribution in [2.75, 3.05) is 9.21 Å². The van der Waals surface area contributed by atoms with Crippen LogP contribution in [0.2, 0.25) is 5.02 Å². The molecule has 4 rings (SSSR count). The number of halogens is 2. The Morgan fingerprint density at radius 3 is 2.54 bits per heavy atom. The molecule has 0 aromatic heterocycles. The van der Waals surface area contributed by atoms with Crippen molar-refractivity contribution in [2.24, 2.45) is 0 Å². The number of fused-ring (bicyclic) bond motifs is 1. The maximum atomic E-state index is 14.4. The van der Waals surface area contributed by atoms with E-state index >= 15 is 0 Å². The fraction of sp³-hybridized carbons (Fsp3) is 0.136. The number of carbonyl (C=O) groups excluding carboxylic acids is 1. The van der Waals surface area contributed by atoms with E-state index in [1.165, 1.54) is 18.0 Å². The van der Waals surface area contributed by atoms with Crippen molar-refractivity contribution in [3.8, 4) is 0 Å². The Morgan fingerprint density at radius 1 is 1.00 bits per heavy atom. The molecule has 0 spiro atoms. The van der Waals surface area contributed by atoms with E-state index in [0.717, 1.165) is 27.4 Å². The molecule has 6 heteroatoms. The first-order chi connectivity index (χ1) is 13.5. The summed E-state index contributed by atoms with van der Waals surface area (Å²) in [5.74, 6) is -0.422. The van der Waals surface area contributed by atoms with Crippen LogP contribution < -0.4 is 9.21 Å². The van der Waals surface area contributed by atoms with Gasteiger partial charge in [0.25, 0.3) is 0 Å². The van der Waals surface area contributed by atoms with Crippen LogP contribution in [0.15, 0.2) is 65.6 Å². The van der Waals surface area contributed by atoms with Crippen molar-refractivity contribution in [1.82, 2.24) is 0 Å². The number of hydrogen-bond donors (Lipinski definition) is 0. The number of amides is 2. The van der Waals surface area contributed by atoms with Gasteiger partial charge in [0.05, 0.1) is 22.8 Å². The van der Waals surface area contributed by atoms with Gasteiger partial charge in [-0.1, -0.05) is 35.9 Å². The van der Waals surface area contributed by atoms with Crippen LogP contribution >= 0.6 is 23.5 Å². The quantitative estimate of drug-likeness (QED) is 0.444. The number of aryl methyl sites for hydroxylation is 2. The second-order valence-electron chi connectivity index (χ2n) is 6.69. The maximum Gasteiger partial charge on any atom is 0.339 e. The standard InChI is InChI=1S/C22H18ClFN2OS/c1-14-10-11-16(12-15(14)2)26-22(27)25(20-8-3-4-9-21(20)28-26)13-17-18(23)6-5-7-19(17)24/h3-12H,13H2,1-2H3. The maximum absolute atomic E-state index is 14.4. The lowest BCUT2D eigenvalue weighted by Gasteiger charge is -2.36. The van der Waals surface area contributed by atoms with E-state index in [-0.39, 0.29) is 12.6 Å². The monoisotopic (exact) mass is 412 g/mol. The van der Waals surface area contributed by atoms with Crippen LogP contribution in [0, 0.1) is 19.7 Å². The van der Waals surface area contributed by atoms with E-state index in [0.29, 0.717) is 10.6 Å². The summed E-state index contributed by atoms with van der Waals surface area (Å²) in [7, 11) is 0. The summed E-state index contributed by atoms with van der Waals surface area (Å²) >= 11 is 7.59.